The predicted molar refractivity (Wildman–Crippen MR) is 123 cm³/mol. The zero-order valence-corrected chi connectivity index (χ0v) is 19.7. The van der Waals surface area contributed by atoms with E-state index < -0.39 is 23.5 Å². The van der Waals surface area contributed by atoms with E-state index in [9.17, 15) is 14.7 Å². The minimum absolute atomic E-state index is 0.00797. The van der Waals surface area contributed by atoms with E-state index in [4.69, 9.17) is 23.2 Å². The van der Waals surface area contributed by atoms with Gasteiger partial charge in [0, 0.05) is 35.5 Å². The Balaban J connectivity index is 1.73. The van der Waals surface area contributed by atoms with Crippen molar-refractivity contribution in [1.29, 1.82) is 0 Å². The Kier molecular flexibility index (Phi) is 6.37. The fourth-order valence-electron chi connectivity index (χ4n) is 3.87. The molecule has 0 saturated carbocycles. The summed E-state index contributed by atoms with van der Waals surface area (Å²) in [5.41, 5.74) is 1.09. The summed E-state index contributed by atoms with van der Waals surface area (Å²) in [6.07, 6.45) is 5.80. The molecule has 3 heterocycles. The van der Waals surface area contributed by atoms with E-state index in [1.165, 1.54) is 16.2 Å². The molecular formula is C22H20Cl2N4O3S. The zero-order chi connectivity index (χ0) is 23.0. The van der Waals surface area contributed by atoms with Crippen molar-refractivity contribution in [2.75, 3.05) is 6.54 Å². The van der Waals surface area contributed by atoms with Crippen LogP contribution in [0.4, 0.5) is 0 Å². The van der Waals surface area contributed by atoms with Crippen molar-refractivity contribution in [2.24, 2.45) is 0 Å². The third-order valence-electron chi connectivity index (χ3n) is 5.29. The molecule has 7 nitrogen and oxygen atoms in total. The Bertz CT molecular complexity index is 1220. The molecule has 0 aliphatic carbocycles. The molecule has 32 heavy (non-hydrogen) atoms. The highest BCUT2D eigenvalue weighted by Crippen LogP contribution is 2.43. The van der Waals surface area contributed by atoms with Crippen LogP contribution in [0.15, 0.2) is 48.3 Å². The van der Waals surface area contributed by atoms with E-state index in [-0.39, 0.29) is 5.57 Å². The fourth-order valence-corrected chi connectivity index (χ4v) is 5.26. The van der Waals surface area contributed by atoms with E-state index >= 15 is 0 Å². The molecule has 1 unspecified atom stereocenters. The summed E-state index contributed by atoms with van der Waals surface area (Å²) in [4.78, 5) is 36.8. The van der Waals surface area contributed by atoms with Gasteiger partial charge >= 0.3 is 0 Å². The van der Waals surface area contributed by atoms with Crippen molar-refractivity contribution in [3.63, 3.8) is 0 Å². The van der Waals surface area contributed by atoms with E-state index in [0.29, 0.717) is 45.7 Å². The van der Waals surface area contributed by atoms with Gasteiger partial charge in [-0.05, 0) is 38.0 Å². The number of ketones is 1. The maximum atomic E-state index is 13.5. The Labute approximate surface area is 198 Å². The van der Waals surface area contributed by atoms with Gasteiger partial charge in [0.1, 0.15) is 0 Å². The van der Waals surface area contributed by atoms with Gasteiger partial charge in [-0.25, -0.2) is 9.97 Å². The molecule has 166 valence electrons. The second-order valence-electron chi connectivity index (χ2n) is 7.46. The highest BCUT2D eigenvalue weighted by molar-refractivity contribution is 7.14. The van der Waals surface area contributed by atoms with Gasteiger partial charge in [0.15, 0.2) is 5.76 Å². The minimum Gasteiger partial charge on any atom is -0.503 e. The van der Waals surface area contributed by atoms with Gasteiger partial charge in [0.2, 0.25) is 5.78 Å². The zero-order valence-electron chi connectivity index (χ0n) is 17.4. The van der Waals surface area contributed by atoms with Crippen molar-refractivity contribution in [2.45, 2.75) is 32.9 Å². The Morgan fingerprint density at radius 2 is 2.03 bits per heavy atom. The molecule has 0 radical (unpaired) electrons. The third kappa shape index (κ3) is 4.18. The first-order chi connectivity index (χ1) is 15.3. The molecule has 4 rings (SSSR count). The van der Waals surface area contributed by atoms with E-state index in [1.807, 2.05) is 10.8 Å². The lowest BCUT2D eigenvalue weighted by atomic mass is 9.95. The average Bonchev–Trinajstić information content (AvgIpc) is 3.43. The molecule has 0 spiro atoms. The summed E-state index contributed by atoms with van der Waals surface area (Å²) in [6, 6.07) is 4.06. The number of Topliss-reactive ketones (excluding diaryl/α,β-unsaturated/α-hetero) is 1. The molecule has 1 amide bonds. The summed E-state index contributed by atoms with van der Waals surface area (Å²) in [5.74, 6) is -1.58. The van der Waals surface area contributed by atoms with Gasteiger partial charge in [-0.3, -0.25) is 9.59 Å². The molecule has 2 aromatic heterocycles. The summed E-state index contributed by atoms with van der Waals surface area (Å²) in [6.45, 7) is 4.47. The van der Waals surface area contributed by atoms with Crippen molar-refractivity contribution in [1.82, 2.24) is 19.4 Å². The van der Waals surface area contributed by atoms with Gasteiger partial charge in [-0.2, -0.15) is 0 Å². The highest BCUT2D eigenvalue weighted by Gasteiger charge is 2.45. The Hall–Kier alpha value is -2.68. The van der Waals surface area contributed by atoms with Gasteiger partial charge in [-0.1, -0.05) is 29.3 Å². The number of carbonyl (C=O) groups excluding carboxylic acids is 2. The molecule has 1 aromatic carbocycles. The van der Waals surface area contributed by atoms with Crippen LogP contribution in [-0.4, -0.2) is 42.8 Å². The van der Waals surface area contributed by atoms with Crippen LogP contribution in [0.3, 0.4) is 0 Å². The van der Waals surface area contributed by atoms with Crippen LogP contribution in [-0.2, 0) is 11.3 Å². The lowest BCUT2D eigenvalue weighted by Gasteiger charge is -2.27. The number of nitrogens with zero attached hydrogens (tertiary/aromatic N) is 4. The van der Waals surface area contributed by atoms with Gasteiger partial charge in [-0.15, -0.1) is 11.3 Å². The van der Waals surface area contributed by atoms with Crippen molar-refractivity contribution in [3.8, 4) is 0 Å². The number of aliphatic hydroxyl groups is 1. The van der Waals surface area contributed by atoms with Crippen LogP contribution in [0.1, 0.15) is 38.4 Å². The number of amides is 1. The van der Waals surface area contributed by atoms with E-state index in [2.05, 4.69) is 9.97 Å². The maximum absolute atomic E-state index is 13.5. The number of hydrogen-bond donors (Lipinski definition) is 1. The number of aryl methyl sites for hydroxylation is 3. The minimum atomic E-state index is -0.829. The van der Waals surface area contributed by atoms with Gasteiger partial charge < -0.3 is 14.6 Å². The molecule has 1 atom stereocenters. The topological polar surface area (TPSA) is 88.3 Å². The summed E-state index contributed by atoms with van der Waals surface area (Å²) >= 11 is 13.8. The number of thiazole rings is 1. The number of hydrogen-bond acceptors (Lipinski definition) is 6. The Morgan fingerprint density at radius 1 is 1.25 bits per heavy atom. The quantitative estimate of drug-likeness (QED) is 0.474. The van der Waals surface area contributed by atoms with E-state index in [0.717, 1.165) is 5.01 Å². The monoisotopic (exact) mass is 490 g/mol. The summed E-state index contributed by atoms with van der Waals surface area (Å²) in [7, 11) is 0. The molecule has 1 N–H and O–H groups in total. The van der Waals surface area contributed by atoms with Crippen LogP contribution in [0.2, 0.25) is 10.0 Å². The molecule has 10 heteroatoms. The first-order valence-electron chi connectivity index (χ1n) is 9.91. The second-order valence-corrected chi connectivity index (χ2v) is 9.51. The standard InChI is InChI=1S/C22H20Cl2N4O3S/c1-12-21(32-13(2)26-12)19(29)17-18(15-5-4-14(23)10-16(15)24)28(22(31)20(17)30)8-3-7-27-9-6-25-11-27/h4-6,9-11,18,30H,3,7-8H2,1-2H3. The van der Waals surface area contributed by atoms with Gasteiger partial charge in [0.05, 0.1) is 33.5 Å². The molecule has 0 bridgehead atoms. The number of benzene rings is 1. The van der Waals surface area contributed by atoms with Crippen LogP contribution >= 0.6 is 34.5 Å². The third-order valence-corrected chi connectivity index (χ3v) is 6.92. The number of carbonyl (C=O) groups is 2. The molecule has 0 fully saturated rings. The first kappa shape index (κ1) is 22.5. The van der Waals surface area contributed by atoms with Crippen molar-refractivity contribution >= 4 is 46.2 Å². The molecular weight excluding hydrogens is 471 g/mol. The lowest BCUT2D eigenvalue weighted by Crippen LogP contribution is -2.32. The lowest BCUT2D eigenvalue weighted by molar-refractivity contribution is -0.129. The van der Waals surface area contributed by atoms with Crippen LogP contribution < -0.4 is 0 Å². The smallest absolute Gasteiger partial charge is 0.290 e. The molecule has 1 aliphatic rings. The summed E-state index contributed by atoms with van der Waals surface area (Å²) < 4.78 is 1.90. The van der Waals surface area contributed by atoms with Crippen molar-refractivity contribution < 1.29 is 14.7 Å². The number of halogens is 2. The maximum Gasteiger partial charge on any atom is 0.290 e. The summed E-state index contributed by atoms with van der Waals surface area (Å²) in [5, 5.41) is 12.3. The number of imidazole rings is 1. The largest absolute Gasteiger partial charge is 0.503 e. The van der Waals surface area contributed by atoms with Crippen LogP contribution in [0.25, 0.3) is 0 Å². The van der Waals surface area contributed by atoms with Crippen LogP contribution in [0, 0.1) is 13.8 Å². The van der Waals surface area contributed by atoms with Crippen molar-refractivity contribution in [3.05, 3.63) is 79.4 Å². The van der Waals surface area contributed by atoms with Gasteiger partial charge in [0.25, 0.3) is 5.91 Å². The molecule has 3 aromatic rings. The SMILES string of the molecule is Cc1nc(C)c(C(=O)C2=C(O)C(=O)N(CCCn3ccnc3)C2c2ccc(Cl)cc2Cl)s1. The second kappa shape index (κ2) is 9.05. The predicted octanol–water partition coefficient (Wildman–Crippen LogP) is 4.93. The molecule has 1 aliphatic heterocycles. The Morgan fingerprint density at radius 3 is 2.66 bits per heavy atom. The highest BCUT2D eigenvalue weighted by atomic mass is 35.5. The fraction of sp³-hybridized carbons (Fsp3) is 0.273. The van der Waals surface area contributed by atoms with E-state index in [1.54, 1.807) is 44.6 Å². The number of rotatable bonds is 7. The first-order valence-corrected chi connectivity index (χ1v) is 11.5. The number of aromatic nitrogens is 3. The normalized spacial score (nSPS) is 16.3. The number of aliphatic hydroxyl groups excluding tert-OH is 1. The van der Waals surface area contributed by atoms with Crippen LogP contribution in [0.5, 0.6) is 0 Å². The average molecular weight is 491 g/mol. The molecule has 0 saturated heterocycles.